The van der Waals surface area contributed by atoms with Crippen LogP contribution in [0.25, 0.3) is 11.4 Å². The Morgan fingerprint density at radius 3 is 2.77 bits per heavy atom. The third-order valence-corrected chi connectivity index (χ3v) is 6.10. The summed E-state index contributed by atoms with van der Waals surface area (Å²) in [6, 6.07) is 14.0. The number of benzene rings is 1. The summed E-state index contributed by atoms with van der Waals surface area (Å²) in [5.41, 5.74) is 2.08. The second-order valence-corrected chi connectivity index (χ2v) is 8.56. The first kappa shape index (κ1) is 20.6. The maximum absolute atomic E-state index is 12.6. The number of aromatic nitrogens is 4. The van der Waals surface area contributed by atoms with Crippen LogP contribution in [-0.2, 0) is 16.1 Å². The molecule has 1 amide bonds. The lowest BCUT2D eigenvalue weighted by Gasteiger charge is -2.15. The molecule has 1 fully saturated rings. The summed E-state index contributed by atoms with van der Waals surface area (Å²) >= 11 is 1.42. The zero-order valence-corrected chi connectivity index (χ0v) is 17.7. The minimum atomic E-state index is -0.296. The summed E-state index contributed by atoms with van der Waals surface area (Å²) in [6.07, 6.45) is 5.68. The Morgan fingerprint density at radius 1 is 1.23 bits per heavy atom. The number of nitrogens with zero attached hydrogens (tertiary/aromatic N) is 4. The predicted molar refractivity (Wildman–Crippen MR) is 116 cm³/mol. The highest BCUT2D eigenvalue weighted by Crippen LogP contribution is 2.27. The number of carbonyl (C=O) groups excluding carboxylic acids is 1. The first-order valence-corrected chi connectivity index (χ1v) is 11.0. The van der Waals surface area contributed by atoms with Crippen molar-refractivity contribution >= 4 is 17.7 Å². The molecule has 3 aromatic rings. The van der Waals surface area contributed by atoms with Crippen molar-refractivity contribution < 1.29 is 9.53 Å². The molecule has 1 aromatic carbocycles. The number of hydrogen-bond acceptors (Lipinski definition) is 6. The van der Waals surface area contributed by atoms with Gasteiger partial charge >= 0.3 is 0 Å². The van der Waals surface area contributed by atoms with Crippen LogP contribution in [0.5, 0.6) is 0 Å². The van der Waals surface area contributed by atoms with Gasteiger partial charge in [-0.1, -0.05) is 42.1 Å². The van der Waals surface area contributed by atoms with Gasteiger partial charge in [-0.2, -0.15) is 0 Å². The van der Waals surface area contributed by atoms with Crippen LogP contribution in [0.1, 0.15) is 25.3 Å². The molecule has 7 nitrogen and oxygen atoms in total. The number of nitrogens with one attached hydrogen (secondary N) is 1. The minimum absolute atomic E-state index is 0.0183. The van der Waals surface area contributed by atoms with Gasteiger partial charge in [-0.15, -0.1) is 10.2 Å². The van der Waals surface area contributed by atoms with Crippen LogP contribution < -0.4 is 5.32 Å². The van der Waals surface area contributed by atoms with E-state index >= 15 is 0 Å². The largest absolute Gasteiger partial charge is 0.376 e. The van der Waals surface area contributed by atoms with E-state index in [4.69, 9.17) is 4.74 Å². The van der Waals surface area contributed by atoms with Crippen molar-refractivity contribution in [1.29, 1.82) is 0 Å². The van der Waals surface area contributed by atoms with Gasteiger partial charge in [0.05, 0.1) is 17.9 Å². The Labute approximate surface area is 180 Å². The third-order valence-electron chi connectivity index (χ3n) is 5.02. The maximum atomic E-state index is 12.6. The van der Waals surface area contributed by atoms with Crippen molar-refractivity contribution in [3.63, 3.8) is 0 Å². The quantitative estimate of drug-likeness (QED) is 0.561. The molecular weight excluding hydrogens is 398 g/mol. The minimum Gasteiger partial charge on any atom is -0.376 e. The molecule has 156 valence electrons. The SMILES string of the molecule is C[C@@H](Sc1nnc(-c2ccncc2)n1Cc1ccccc1)C(=O)NC[C@@H]1CCCO1. The third kappa shape index (κ3) is 5.06. The van der Waals surface area contributed by atoms with E-state index in [1.165, 1.54) is 11.8 Å². The number of thioether (sulfide) groups is 1. The number of carbonyl (C=O) groups is 1. The van der Waals surface area contributed by atoms with E-state index in [-0.39, 0.29) is 17.3 Å². The Balaban J connectivity index is 1.51. The normalized spacial score (nSPS) is 17.0. The summed E-state index contributed by atoms with van der Waals surface area (Å²) in [5, 5.41) is 12.2. The van der Waals surface area contributed by atoms with Crippen molar-refractivity contribution in [1.82, 2.24) is 25.1 Å². The van der Waals surface area contributed by atoms with Gasteiger partial charge < -0.3 is 10.1 Å². The van der Waals surface area contributed by atoms with Crippen LogP contribution in [0.2, 0.25) is 0 Å². The lowest BCUT2D eigenvalue weighted by atomic mass is 10.2. The van der Waals surface area contributed by atoms with E-state index in [2.05, 4.69) is 37.2 Å². The first-order chi connectivity index (χ1) is 14.7. The smallest absolute Gasteiger partial charge is 0.233 e. The molecule has 1 aliphatic rings. The number of hydrogen-bond donors (Lipinski definition) is 1. The highest BCUT2D eigenvalue weighted by molar-refractivity contribution is 8.00. The van der Waals surface area contributed by atoms with Crippen molar-refractivity contribution in [2.24, 2.45) is 0 Å². The van der Waals surface area contributed by atoms with E-state index in [0.29, 0.717) is 18.2 Å². The van der Waals surface area contributed by atoms with Gasteiger partial charge in [0.15, 0.2) is 11.0 Å². The van der Waals surface area contributed by atoms with Gasteiger partial charge in [-0.25, -0.2) is 0 Å². The monoisotopic (exact) mass is 423 g/mol. The zero-order valence-electron chi connectivity index (χ0n) is 16.9. The summed E-state index contributed by atoms with van der Waals surface area (Å²) in [7, 11) is 0. The van der Waals surface area contributed by atoms with E-state index in [9.17, 15) is 4.79 Å². The highest BCUT2D eigenvalue weighted by Gasteiger charge is 2.23. The second kappa shape index (κ2) is 9.86. The van der Waals surface area contributed by atoms with Gasteiger partial charge in [0.25, 0.3) is 0 Å². The summed E-state index contributed by atoms with van der Waals surface area (Å²) < 4.78 is 7.64. The maximum Gasteiger partial charge on any atom is 0.233 e. The molecule has 1 N–H and O–H groups in total. The molecule has 0 spiro atoms. The Bertz CT molecular complexity index is 958. The number of ether oxygens (including phenoxy) is 1. The van der Waals surface area contributed by atoms with Gasteiger partial charge in [-0.3, -0.25) is 14.3 Å². The molecular formula is C22H25N5O2S. The average Bonchev–Trinajstić information content (AvgIpc) is 3.44. The first-order valence-electron chi connectivity index (χ1n) is 10.1. The van der Waals surface area contributed by atoms with Gasteiger partial charge in [0.2, 0.25) is 5.91 Å². The lowest BCUT2D eigenvalue weighted by Crippen LogP contribution is -2.36. The predicted octanol–water partition coefficient (Wildman–Crippen LogP) is 3.16. The van der Waals surface area contributed by atoms with Crippen molar-refractivity contribution in [3.05, 3.63) is 60.4 Å². The summed E-state index contributed by atoms with van der Waals surface area (Å²) in [4.78, 5) is 16.7. The number of rotatable bonds is 8. The Hall–Kier alpha value is -2.71. The molecule has 1 saturated heterocycles. The van der Waals surface area contributed by atoms with Gasteiger partial charge in [0, 0.05) is 31.1 Å². The average molecular weight is 424 g/mol. The molecule has 0 aliphatic carbocycles. The fourth-order valence-electron chi connectivity index (χ4n) is 3.37. The zero-order chi connectivity index (χ0) is 20.8. The molecule has 30 heavy (non-hydrogen) atoms. The van der Waals surface area contributed by atoms with Crippen LogP contribution in [-0.4, -0.2) is 50.2 Å². The van der Waals surface area contributed by atoms with E-state index in [1.807, 2.05) is 37.3 Å². The van der Waals surface area contributed by atoms with Crippen LogP contribution >= 0.6 is 11.8 Å². The standard InChI is InChI=1S/C22H25N5O2S/c1-16(21(28)24-14-19-8-5-13-29-19)30-22-26-25-20(18-9-11-23-12-10-18)27(22)15-17-6-3-2-4-7-17/h2-4,6-7,9-12,16,19H,5,8,13-15H2,1H3,(H,24,28)/t16-,19+/m1/s1. The second-order valence-electron chi connectivity index (χ2n) is 7.25. The van der Waals surface area contributed by atoms with Crippen molar-refractivity contribution in [2.75, 3.05) is 13.2 Å². The molecule has 4 rings (SSSR count). The van der Waals surface area contributed by atoms with Crippen molar-refractivity contribution in [3.8, 4) is 11.4 Å². The Morgan fingerprint density at radius 2 is 2.03 bits per heavy atom. The summed E-state index contributed by atoms with van der Waals surface area (Å²) in [5.74, 6) is 0.742. The molecule has 3 heterocycles. The van der Waals surface area contributed by atoms with E-state index in [0.717, 1.165) is 36.4 Å². The highest BCUT2D eigenvalue weighted by atomic mass is 32.2. The number of pyridine rings is 1. The van der Waals surface area contributed by atoms with Gasteiger partial charge in [-0.05, 0) is 37.5 Å². The van der Waals surface area contributed by atoms with Crippen molar-refractivity contribution in [2.45, 2.75) is 42.8 Å². The lowest BCUT2D eigenvalue weighted by molar-refractivity contribution is -0.120. The van der Waals surface area contributed by atoms with Crippen LogP contribution in [0.15, 0.2) is 60.0 Å². The van der Waals surface area contributed by atoms with Crippen LogP contribution in [0, 0.1) is 0 Å². The molecule has 0 saturated carbocycles. The number of amides is 1. The fraction of sp³-hybridized carbons (Fsp3) is 0.364. The molecule has 0 bridgehead atoms. The summed E-state index contributed by atoms with van der Waals surface area (Å²) in [6.45, 7) is 3.86. The molecule has 2 atom stereocenters. The topological polar surface area (TPSA) is 81.9 Å². The molecule has 8 heteroatoms. The molecule has 0 unspecified atom stereocenters. The molecule has 1 aliphatic heterocycles. The molecule has 2 aromatic heterocycles. The van der Waals surface area contributed by atoms with E-state index in [1.54, 1.807) is 12.4 Å². The molecule has 0 radical (unpaired) electrons. The van der Waals surface area contributed by atoms with Crippen LogP contribution in [0.4, 0.5) is 0 Å². The van der Waals surface area contributed by atoms with Crippen LogP contribution in [0.3, 0.4) is 0 Å². The fourth-order valence-corrected chi connectivity index (χ4v) is 4.25. The van der Waals surface area contributed by atoms with E-state index < -0.39 is 0 Å². The van der Waals surface area contributed by atoms with Gasteiger partial charge in [0.1, 0.15) is 0 Å². The Kier molecular flexibility index (Phi) is 6.76.